The summed E-state index contributed by atoms with van der Waals surface area (Å²) in [6.45, 7) is 3.60. The highest BCUT2D eigenvalue weighted by molar-refractivity contribution is 7.14. The van der Waals surface area contributed by atoms with E-state index < -0.39 is 0 Å². The number of thiophene rings is 1. The van der Waals surface area contributed by atoms with Crippen molar-refractivity contribution in [3.05, 3.63) is 52.0 Å². The fourth-order valence-corrected chi connectivity index (χ4v) is 4.11. The largest absolute Gasteiger partial charge is 0.354 e. The van der Waals surface area contributed by atoms with Gasteiger partial charge in [-0.3, -0.25) is 4.79 Å². The van der Waals surface area contributed by atoms with Crippen LogP contribution in [-0.2, 0) is 11.2 Å². The molecule has 2 heterocycles. The molecule has 1 amide bonds. The van der Waals surface area contributed by atoms with Crippen LogP contribution in [0, 0.1) is 0 Å². The number of hydrogen-bond acceptors (Lipinski definition) is 4. The summed E-state index contributed by atoms with van der Waals surface area (Å²) in [6.07, 6.45) is 1.90. The fourth-order valence-electron chi connectivity index (χ4n) is 2.57. The van der Waals surface area contributed by atoms with E-state index in [-0.39, 0.29) is 11.9 Å². The summed E-state index contributed by atoms with van der Waals surface area (Å²) in [7, 11) is 0. The molecule has 0 saturated carbocycles. The molecule has 0 saturated heterocycles. The maximum absolute atomic E-state index is 11.0. The van der Waals surface area contributed by atoms with E-state index in [1.807, 2.05) is 6.92 Å². The van der Waals surface area contributed by atoms with Crippen molar-refractivity contribution in [2.45, 2.75) is 32.7 Å². The Morgan fingerprint density at radius 2 is 1.96 bits per heavy atom. The summed E-state index contributed by atoms with van der Waals surface area (Å²) in [5.41, 5.74) is 4.65. The first kappa shape index (κ1) is 16.9. The molecule has 1 unspecified atom stereocenters. The van der Waals surface area contributed by atoms with E-state index >= 15 is 0 Å². The van der Waals surface area contributed by atoms with Crippen molar-refractivity contribution in [2.75, 3.05) is 0 Å². The second-order valence-electron chi connectivity index (χ2n) is 5.89. The topological polar surface area (TPSA) is 42.0 Å². The standard InChI is InChI=1S/C19H20N2OS2/c1-13(20-14(2)22)3-4-15-5-7-16(8-6-15)18-12-24-19(21-18)17-9-10-23-11-17/h5-13H,3-4H2,1-2H3,(H,20,22). The monoisotopic (exact) mass is 356 g/mol. The normalized spacial score (nSPS) is 12.1. The molecular weight excluding hydrogens is 336 g/mol. The van der Waals surface area contributed by atoms with Gasteiger partial charge in [-0.1, -0.05) is 24.3 Å². The molecule has 3 nitrogen and oxygen atoms in total. The van der Waals surface area contributed by atoms with Gasteiger partial charge in [0, 0.05) is 34.9 Å². The van der Waals surface area contributed by atoms with E-state index in [0.29, 0.717) is 0 Å². The number of nitrogens with one attached hydrogen (secondary N) is 1. The number of carbonyl (C=O) groups excluding carboxylic acids is 1. The number of aromatic nitrogens is 1. The predicted octanol–water partition coefficient (Wildman–Crippen LogP) is 5.00. The Morgan fingerprint density at radius 3 is 2.62 bits per heavy atom. The Labute approximate surface area is 150 Å². The number of benzene rings is 1. The van der Waals surface area contributed by atoms with Crippen molar-refractivity contribution in [1.29, 1.82) is 0 Å². The first-order valence-electron chi connectivity index (χ1n) is 7.96. The molecule has 5 heteroatoms. The van der Waals surface area contributed by atoms with E-state index in [0.717, 1.165) is 29.1 Å². The number of carbonyl (C=O) groups is 1. The van der Waals surface area contributed by atoms with Crippen LogP contribution in [0.5, 0.6) is 0 Å². The third-order valence-corrected chi connectivity index (χ3v) is 5.41. The minimum atomic E-state index is 0.0304. The van der Waals surface area contributed by atoms with Gasteiger partial charge in [0.2, 0.25) is 5.91 Å². The van der Waals surface area contributed by atoms with Crippen LogP contribution >= 0.6 is 22.7 Å². The molecule has 1 atom stereocenters. The Hall–Kier alpha value is -1.98. The van der Waals surface area contributed by atoms with Gasteiger partial charge < -0.3 is 5.32 Å². The summed E-state index contributed by atoms with van der Waals surface area (Å²) in [4.78, 5) is 15.8. The minimum absolute atomic E-state index is 0.0304. The summed E-state index contributed by atoms with van der Waals surface area (Å²) >= 11 is 3.37. The van der Waals surface area contributed by atoms with Gasteiger partial charge in [-0.05, 0) is 36.8 Å². The van der Waals surface area contributed by atoms with E-state index in [4.69, 9.17) is 4.98 Å². The lowest BCUT2D eigenvalue weighted by molar-refractivity contribution is -0.119. The Balaban J connectivity index is 1.63. The second-order valence-corrected chi connectivity index (χ2v) is 7.53. The van der Waals surface area contributed by atoms with Crippen molar-refractivity contribution in [1.82, 2.24) is 10.3 Å². The van der Waals surface area contributed by atoms with Gasteiger partial charge in [-0.2, -0.15) is 11.3 Å². The van der Waals surface area contributed by atoms with Crippen molar-refractivity contribution in [3.8, 4) is 21.8 Å². The molecule has 0 aliphatic heterocycles. The number of aryl methyl sites for hydroxylation is 1. The molecule has 0 aliphatic rings. The number of thiazole rings is 1. The highest BCUT2D eigenvalue weighted by atomic mass is 32.1. The maximum Gasteiger partial charge on any atom is 0.217 e. The molecule has 1 N–H and O–H groups in total. The molecular formula is C19H20N2OS2. The number of nitrogens with zero attached hydrogens (tertiary/aromatic N) is 1. The van der Waals surface area contributed by atoms with Crippen molar-refractivity contribution in [2.24, 2.45) is 0 Å². The molecule has 2 aromatic heterocycles. The molecule has 0 bridgehead atoms. The molecule has 0 aliphatic carbocycles. The molecule has 0 fully saturated rings. The molecule has 124 valence electrons. The average Bonchev–Trinajstić information content (AvgIpc) is 3.24. The summed E-state index contributed by atoms with van der Waals surface area (Å²) in [6, 6.07) is 10.9. The lowest BCUT2D eigenvalue weighted by Gasteiger charge is -2.12. The van der Waals surface area contributed by atoms with E-state index in [2.05, 4.69) is 51.8 Å². The lowest BCUT2D eigenvalue weighted by Crippen LogP contribution is -2.30. The highest BCUT2D eigenvalue weighted by Crippen LogP contribution is 2.30. The van der Waals surface area contributed by atoms with Gasteiger partial charge in [0.25, 0.3) is 0 Å². The van der Waals surface area contributed by atoms with Gasteiger partial charge in [0.1, 0.15) is 5.01 Å². The zero-order valence-corrected chi connectivity index (χ0v) is 15.4. The second kappa shape index (κ2) is 7.73. The van der Waals surface area contributed by atoms with Crippen LogP contribution in [0.2, 0.25) is 0 Å². The molecule has 24 heavy (non-hydrogen) atoms. The van der Waals surface area contributed by atoms with E-state index in [1.165, 1.54) is 11.1 Å². The maximum atomic E-state index is 11.0. The smallest absolute Gasteiger partial charge is 0.217 e. The first-order chi connectivity index (χ1) is 11.6. The molecule has 0 spiro atoms. The zero-order chi connectivity index (χ0) is 16.9. The Bertz CT molecular complexity index is 791. The summed E-state index contributed by atoms with van der Waals surface area (Å²) < 4.78 is 0. The van der Waals surface area contributed by atoms with Gasteiger partial charge in [-0.15, -0.1) is 11.3 Å². The molecule has 3 aromatic rings. The molecule has 0 radical (unpaired) electrons. The number of rotatable bonds is 6. The molecule has 3 rings (SSSR count). The van der Waals surface area contributed by atoms with Crippen LogP contribution < -0.4 is 5.32 Å². The van der Waals surface area contributed by atoms with Gasteiger partial charge in [0.05, 0.1) is 5.69 Å². The van der Waals surface area contributed by atoms with Crippen molar-refractivity contribution < 1.29 is 4.79 Å². The summed E-state index contributed by atoms with van der Waals surface area (Å²) in [5.74, 6) is 0.0304. The van der Waals surface area contributed by atoms with Crippen LogP contribution in [0.15, 0.2) is 46.5 Å². The van der Waals surface area contributed by atoms with Crippen LogP contribution in [0.1, 0.15) is 25.8 Å². The quantitative estimate of drug-likeness (QED) is 0.675. The van der Waals surface area contributed by atoms with Crippen LogP contribution in [0.4, 0.5) is 0 Å². The average molecular weight is 357 g/mol. The summed E-state index contributed by atoms with van der Waals surface area (Å²) in [5, 5.41) is 10.3. The third kappa shape index (κ3) is 4.30. The van der Waals surface area contributed by atoms with Crippen LogP contribution in [0.25, 0.3) is 21.8 Å². The minimum Gasteiger partial charge on any atom is -0.354 e. The number of amides is 1. The third-order valence-electron chi connectivity index (χ3n) is 3.84. The fraction of sp³-hybridized carbons (Fsp3) is 0.263. The Morgan fingerprint density at radius 1 is 1.17 bits per heavy atom. The number of hydrogen-bond donors (Lipinski definition) is 1. The van der Waals surface area contributed by atoms with Crippen LogP contribution in [-0.4, -0.2) is 16.9 Å². The van der Waals surface area contributed by atoms with Crippen molar-refractivity contribution >= 4 is 28.6 Å². The van der Waals surface area contributed by atoms with Gasteiger partial charge >= 0.3 is 0 Å². The SMILES string of the molecule is CC(=O)NC(C)CCc1ccc(-c2csc(-c3ccsc3)n2)cc1. The van der Waals surface area contributed by atoms with Crippen molar-refractivity contribution in [3.63, 3.8) is 0 Å². The lowest BCUT2D eigenvalue weighted by atomic mass is 10.0. The molecule has 1 aromatic carbocycles. The van der Waals surface area contributed by atoms with Gasteiger partial charge in [-0.25, -0.2) is 4.98 Å². The zero-order valence-electron chi connectivity index (χ0n) is 13.8. The van der Waals surface area contributed by atoms with Crippen LogP contribution in [0.3, 0.4) is 0 Å². The Kier molecular flexibility index (Phi) is 5.43. The first-order valence-corrected chi connectivity index (χ1v) is 9.78. The van der Waals surface area contributed by atoms with E-state index in [9.17, 15) is 4.79 Å². The predicted molar refractivity (Wildman–Crippen MR) is 102 cm³/mol. The van der Waals surface area contributed by atoms with Gasteiger partial charge in [0.15, 0.2) is 0 Å². The van der Waals surface area contributed by atoms with E-state index in [1.54, 1.807) is 29.6 Å². The highest BCUT2D eigenvalue weighted by Gasteiger charge is 2.08.